The fourth-order valence-electron chi connectivity index (χ4n) is 3.25. The normalized spacial score (nSPS) is 15.4. The highest BCUT2D eigenvalue weighted by atomic mass is 35.5. The van der Waals surface area contributed by atoms with Crippen molar-refractivity contribution in [3.05, 3.63) is 77.5 Å². The predicted molar refractivity (Wildman–Crippen MR) is 110 cm³/mol. The van der Waals surface area contributed by atoms with E-state index in [4.69, 9.17) is 16.0 Å². The Kier molecular flexibility index (Phi) is 5.45. The van der Waals surface area contributed by atoms with Gasteiger partial charge in [-0.1, -0.05) is 29.8 Å². The minimum Gasteiger partial charge on any atom is -0.451 e. The van der Waals surface area contributed by atoms with E-state index in [0.29, 0.717) is 23.9 Å². The average molecular weight is 431 g/mol. The van der Waals surface area contributed by atoms with Gasteiger partial charge in [-0.25, -0.2) is 8.42 Å². The number of carbonyl (C=O) groups excluding carboxylic acids is 1. The van der Waals surface area contributed by atoms with Gasteiger partial charge in [-0.2, -0.15) is 4.31 Å². The van der Waals surface area contributed by atoms with Gasteiger partial charge in [-0.3, -0.25) is 4.79 Å². The molecule has 1 aliphatic heterocycles. The molecule has 0 radical (unpaired) electrons. The van der Waals surface area contributed by atoms with Crippen LogP contribution in [0.5, 0.6) is 0 Å². The predicted octanol–water partition coefficient (Wildman–Crippen LogP) is 3.75. The molecule has 0 saturated carbocycles. The average Bonchev–Trinajstić information content (AvgIpc) is 3.25. The van der Waals surface area contributed by atoms with Gasteiger partial charge in [0.05, 0.1) is 4.90 Å². The third-order valence-electron chi connectivity index (χ3n) is 4.85. The number of furan rings is 1. The van der Waals surface area contributed by atoms with Crippen LogP contribution in [-0.4, -0.2) is 49.7 Å². The van der Waals surface area contributed by atoms with Crippen LogP contribution in [-0.2, 0) is 10.0 Å². The van der Waals surface area contributed by atoms with E-state index in [1.807, 2.05) is 12.1 Å². The first-order valence-corrected chi connectivity index (χ1v) is 11.0. The highest BCUT2D eigenvalue weighted by molar-refractivity contribution is 7.89. The molecule has 0 aliphatic carbocycles. The summed E-state index contributed by atoms with van der Waals surface area (Å²) in [5.74, 6) is 0.562. The highest BCUT2D eigenvalue weighted by Crippen LogP contribution is 2.25. The van der Waals surface area contributed by atoms with Gasteiger partial charge < -0.3 is 9.32 Å². The van der Waals surface area contributed by atoms with E-state index in [1.54, 1.807) is 59.5 Å². The van der Waals surface area contributed by atoms with Crippen LogP contribution >= 0.6 is 11.6 Å². The molecule has 0 bridgehead atoms. The summed E-state index contributed by atoms with van der Waals surface area (Å²) >= 11 is 5.90. The first kappa shape index (κ1) is 19.7. The number of hydrogen-bond donors (Lipinski definition) is 0. The van der Waals surface area contributed by atoms with Gasteiger partial charge in [0, 0.05) is 36.8 Å². The highest BCUT2D eigenvalue weighted by Gasteiger charge is 2.31. The Morgan fingerprint density at radius 3 is 2.17 bits per heavy atom. The summed E-state index contributed by atoms with van der Waals surface area (Å²) in [5, 5.41) is 0.625. The van der Waals surface area contributed by atoms with E-state index in [1.165, 1.54) is 4.31 Å². The number of rotatable bonds is 4. The molecule has 1 aromatic heterocycles. The van der Waals surface area contributed by atoms with E-state index < -0.39 is 10.0 Å². The Bertz CT molecular complexity index is 1100. The summed E-state index contributed by atoms with van der Waals surface area (Å²) in [6.45, 7) is 1.10. The molecule has 6 nitrogen and oxygen atoms in total. The molecule has 0 unspecified atom stereocenters. The number of benzene rings is 2. The van der Waals surface area contributed by atoms with Crippen LogP contribution in [0.25, 0.3) is 11.3 Å². The fraction of sp³-hybridized carbons (Fsp3) is 0.190. The smallest absolute Gasteiger partial charge is 0.289 e. The largest absolute Gasteiger partial charge is 0.451 e. The molecule has 1 saturated heterocycles. The lowest BCUT2D eigenvalue weighted by atomic mass is 10.2. The van der Waals surface area contributed by atoms with E-state index in [9.17, 15) is 13.2 Å². The van der Waals surface area contributed by atoms with Crippen molar-refractivity contribution < 1.29 is 17.6 Å². The molecule has 2 heterocycles. The van der Waals surface area contributed by atoms with Gasteiger partial charge in [0.15, 0.2) is 5.76 Å². The molecule has 0 spiro atoms. The van der Waals surface area contributed by atoms with E-state index in [2.05, 4.69) is 0 Å². The maximum Gasteiger partial charge on any atom is 0.289 e. The lowest BCUT2D eigenvalue weighted by Gasteiger charge is -2.33. The number of halogens is 1. The van der Waals surface area contributed by atoms with Gasteiger partial charge in [-0.15, -0.1) is 0 Å². The molecule has 2 aromatic carbocycles. The Morgan fingerprint density at radius 1 is 0.862 bits per heavy atom. The number of nitrogens with zero attached hydrogens (tertiary/aromatic N) is 2. The van der Waals surface area contributed by atoms with Gasteiger partial charge in [-0.05, 0) is 48.5 Å². The van der Waals surface area contributed by atoms with Crippen molar-refractivity contribution >= 4 is 27.5 Å². The van der Waals surface area contributed by atoms with E-state index in [-0.39, 0.29) is 29.7 Å². The summed E-state index contributed by atoms with van der Waals surface area (Å²) in [6, 6.07) is 18.9. The maximum atomic E-state index is 12.8. The minimum absolute atomic E-state index is 0.231. The molecule has 1 fully saturated rings. The first-order chi connectivity index (χ1) is 13.9. The molecule has 0 atom stereocenters. The Labute approximate surface area is 174 Å². The summed E-state index contributed by atoms with van der Waals surface area (Å²) in [6.07, 6.45) is 0. The molecular formula is C21H19ClN2O4S. The van der Waals surface area contributed by atoms with Gasteiger partial charge in [0.25, 0.3) is 5.91 Å². The van der Waals surface area contributed by atoms with Crippen LogP contribution in [0.4, 0.5) is 0 Å². The summed E-state index contributed by atoms with van der Waals surface area (Å²) in [7, 11) is -3.55. The minimum atomic E-state index is -3.55. The monoisotopic (exact) mass is 430 g/mol. The van der Waals surface area contributed by atoms with Crippen molar-refractivity contribution in [2.24, 2.45) is 0 Å². The van der Waals surface area contributed by atoms with Gasteiger partial charge >= 0.3 is 0 Å². The van der Waals surface area contributed by atoms with Gasteiger partial charge in [0.2, 0.25) is 10.0 Å². The van der Waals surface area contributed by atoms with Crippen molar-refractivity contribution in [1.29, 1.82) is 0 Å². The number of carbonyl (C=O) groups is 1. The second kappa shape index (κ2) is 8.02. The molecule has 8 heteroatoms. The zero-order valence-electron chi connectivity index (χ0n) is 15.5. The second-order valence-corrected chi connectivity index (χ2v) is 9.05. The van der Waals surface area contributed by atoms with Crippen molar-refractivity contribution in [2.75, 3.05) is 26.2 Å². The molecule has 0 N–H and O–H groups in total. The van der Waals surface area contributed by atoms with Crippen LogP contribution in [0.1, 0.15) is 10.6 Å². The quantitative estimate of drug-likeness (QED) is 0.632. The Hall–Kier alpha value is -2.61. The zero-order chi connectivity index (χ0) is 20.4. The third kappa shape index (κ3) is 4.07. The Balaban J connectivity index is 1.43. The number of hydrogen-bond acceptors (Lipinski definition) is 4. The number of piperazine rings is 1. The summed E-state index contributed by atoms with van der Waals surface area (Å²) in [5.41, 5.74) is 0.826. The Morgan fingerprint density at radius 2 is 1.52 bits per heavy atom. The molecule has 1 aliphatic rings. The van der Waals surface area contributed by atoms with Crippen LogP contribution in [0.15, 0.2) is 76.0 Å². The first-order valence-electron chi connectivity index (χ1n) is 9.15. The van der Waals surface area contributed by atoms with Crippen molar-refractivity contribution in [1.82, 2.24) is 9.21 Å². The molecule has 1 amide bonds. The second-order valence-electron chi connectivity index (χ2n) is 6.68. The van der Waals surface area contributed by atoms with Crippen molar-refractivity contribution in [3.8, 4) is 11.3 Å². The topological polar surface area (TPSA) is 70.8 Å². The van der Waals surface area contributed by atoms with E-state index in [0.717, 1.165) is 5.56 Å². The van der Waals surface area contributed by atoms with Crippen molar-refractivity contribution in [3.63, 3.8) is 0 Å². The molecule has 4 rings (SSSR count). The number of sulfonamides is 1. The van der Waals surface area contributed by atoms with Crippen LogP contribution in [0.3, 0.4) is 0 Å². The van der Waals surface area contributed by atoms with Crippen LogP contribution < -0.4 is 0 Å². The lowest BCUT2D eigenvalue weighted by Crippen LogP contribution is -2.50. The standard InChI is InChI=1S/C21H19ClN2O4S/c22-17-8-6-16(7-9-17)19-10-11-20(28-19)21(25)23-12-14-24(15-13-23)29(26,27)18-4-2-1-3-5-18/h1-11H,12-15H2. The van der Waals surface area contributed by atoms with E-state index >= 15 is 0 Å². The summed E-state index contributed by atoms with van der Waals surface area (Å²) in [4.78, 5) is 14.6. The molecule has 150 valence electrons. The molecular weight excluding hydrogens is 412 g/mol. The lowest BCUT2D eigenvalue weighted by molar-refractivity contribution is 0.0667. The zero-order valence-corrected chi connectivity index (χ0v) is 17.1. The summed E-state index contributed by atoms with van der Waals surface area (Å²) < 4.78 is 32.6. The fourth-order valence-corrected chi connectivity index (χ4v) is 4.82. The SMILES string of the molecule is O=C(c1ccc(-c2ccc(Cl)cc2)o1)N1CCN(S(=O)(=O)c2ccccc2)CC1. The third-order valence-corrected chi connectivity index (χ3v) is 7.02. The van der Waals surface area contributed by atoms with Crippen LogP contribution in [0, 0.1) is 0 Å². The maximum absolute atomic E-state index is 12.8. The van der Waals surface area contributed by atoms with Crippen molar-refractivity contribution in [2.45, 2.75) is 4.90 Å². The number of amides is 1. The molecule has 29 heavy (non-hydrogen) atoms. The van der Waals surface area contributed by atoms with Gasteiger partial charge in [0.1, 0.15) is 5.76 Å². The van der Waals surface area contributed by atoms with Crippen LogP contribution in [0.2, 0.25) is 5.02 Å². The molecule has 3 aromatic rings.